The van der Waals surface area contributed by atoms with Gasteiger partial charge in [-0.1, -0.05) is 11.6 Å². The van der Waals surface area contributed by atoms with Gasteiger partial charge in [-0.05, 0) is 61.5 Å². The fourth-order valence-electron chi connectivity index (χ4n) is 4.01. The Bertz CT molecular complexity index is 1350. The van der Waals surface area contributed by atoms with Crippen LogP contribution in [0.25, 0.3) is 16.6 Å². The molecule has 0 spiro atoms. The molecule has 1 aliphatic rings. The van der Waals surface area contributed by atoms with E-state index in [9.17, 15) is 9.59 Å². The number of nitrogens with one attached hydrogen (secondary N) is 1. The van der Waals surface area contributed by atoms with Crippen molar-refractivity contribution >= 4 is 34.3 Å². The molecule has 3 heterocycles. The van der Waals surface area contributed by atoms with E-state index in [1.165, 1.54) is 12.1 Å². The van der Waals surface area contributed by atoms with Crippen LogP contribution in [0.4, 0.5) is 0 Å². The zero-order valence-electron chi connectivity index (χ0n) is 18.0. The maximum absolute atomic E-state index is 12.9. The highest BCUT2D eigenvalue weighted by Gasteiger charge is 2.50. The topological polar surface area (TPSA) is 76.5 Å². The van der Waals surface area contributed by atoms with Crippen molar-refractivity contribution in [2.75, 3.05) is 7.11 Å². The number of methoxy groups -OCH3 is 1. The minimum atomic E-state index is -0.834. The Hall–Kier alpha value is -3.84. The number of carbonyl (C=O) groups is 2. The lowest BCUT2D eigenvalue weighted by Gasteiger charge is -2.44. The number of β-lactam (4-membered cyclic amide) rings is 1. The number of hydrazine groups is 1. The lowest BCUT2D eigenvalue weighted by Crippen LogP contribution is -2.63. The number of pyridine rings is 1. The second-order valence-corrected chi connectivity index (χ2v) is 8.39. The van der Waals surface area contributed by atoms with Crippen LogP contribution in [0.3, 0.4) is 0 Å². The highest BCUT2D eigenvalue weighted by molar-refractivity contribution is 6.33. The van der Waals surface area contributed by atoms with Gasteiger partial charge in [0, 0.05) is 34.6 Å². The summed E-state index contributed by atoms with van der Waals surface area (Å²) in [6.45, 7) is 1.99. The Morgan fingerprint density at radius 1 is 1.09 bits per heavy atom. The molecule has 0 aliphatic carbocycles. The summed E-state index contributed by atoms with van der Waals surface area (Å²) in [5.41, 5.74) is 6.55. The number of hydrogen-bond acceptors (Lipinski definition) is 4. The maximum Gasteiger partial charge on any atom is 0.269 e. The van der Waals surface area contributed by atoms with E-state index in [1.807, 2.05) is 72.4 Å². The second kappa shape index (κ2) is 8.26. The van der Waals surface area contributed by atoms with Crippen LogP contribution in [0.5, 0.6) is 5.88 Å². The van der Waals surface area contributed by atoms with Crippen molar-refractivity contribution in [3.8, 4) is 11.6 Å². The van der Waals surface area contributed by atoms with E-state index < -0.39 is 17.3 Å². The first-order valence-corrected chi connectivity index (χ1v) is 10.9. The Morgan fingerprint density at radius 3 is 2.52 bits per heavy atom. The number of nitrogens with zero attached hydrogens (tertiary/aromatic N) is 3. The summed E-state index contributed by atoms with van der Waals surface area (Å²) in [7, 11) is 1.52. The van der Waals surface area contributed by atoms with Crippen molar-refractivity contribution in [1.29, 1.82) is 0 Å². The first-order chi connectivity index (χ1) is 16.0. The molecule has 33 heavy (non-hydrogen) atoms. The van der Waals surface area contributed by atoms with Crippen LogP contribution in [0.1, 0.15) is 27.5 Å². The number of hydrogen-bond donors (Lipinski definition) is 1. The number of amides is 2. The van der Waals surface area contributed by atoms with Crippen molar-refractivity contribution in [3.05, 3.63) is 89.7 Å². The van der Waals surface area contributed by atoms with E-state index >= 15 is 0 Å². The van der Waals surface area contributed by atoms with Gasteiger partial charge in [0.1, 0.15) is 11.4 Å². The third kappa shape index (κ3) is 3.70. The van der Waals surface area contributed by atoms with E-state index in [-0.39, 0.29) is 5.91 Å². The normalized spacial score (nSPS) is 17.7. The number of alkyl halides is 1. The average Bonchev–Trinajstić information content (AvgIpc) is 3.38. The molecular weight excluding hydrogens is 440 g/mol. The van der Waals surface area contributed by atoms with Gasteiger partial charge in [-0.3, -0.25) is 15.0 Å². The Labute approximate surface area is 195 Å². The number of rotatable bonds is 5. The Kier molecular flexibility index (Phi) is 5.26. The monoisotopic (exact) mass is 460 g/mol. The number of halogens is 1. The summed E-state index contributed by atoms with van der Waals surface area (Å²) in [4.78, 5) is 30.0. The molecule has 0 bridgehead atoms. The van der Waals surface area contributed by atoms with Gasteiger partial charge in [0.25, 0.3) is 11.8 Å². The van der Waals surface area contributed by atoms with E-state index in [2.05, 4.69) is 10.4 Å². The molecule has 1 saturated heterocycles. The number of carbonyl (C=O) groups excluding carboxylic acids is 2. The van der Waals surface area contributed by atoms with Gasteiger partial charge >= 0.3 is 0 Å². The molecule has 5 rings (SSSR count). The highest BCUT2D eigenvalue weighted by Crippen LogP contribution is 2.41. The summed E-state index contributed by atoms with van der Waals surface area (Å²) in [5, 5.41) is 1.32. The predicted octanol–water partition coefficient (Wildman–Crippen LogP) is 4.18. The van der Waals surface area contributed by atoms with E-state index in [1.54, 1.807) is 12.1 Å². The quantitative estimate of drug-likeness (QED) is 0.358. The van der Waals surface area contributed by atoms with Crippen LogP contribution >= 0.6 is 11.6 Å². The fourth-order valence-corrected chi connectivity index (χ4v) is 4.36. The molecule has 2 aromatic carbocycles. The van der Waals surface area contributed by atoms with Gasteiger partial charge in [0.05, 0.1) is 12.6 Å². The van der Waals surface area contributed by atoms with Crippen LogP contribution < -0.4 is 10.2 Å². The third-order valence-electron chi connectivity index (χ3n) is 5.76. The summed E-state index contributed by atoms with van der Waals surface area (Å²) in [6.07, 6.45) is 3.84. The summed E-state index contributed by atoms with van der Waals surface area (Å²) in [5.74, 6) is -0.422. The van der Waals surface area contributed by atoms with Crippen molar-refractivity contribution in [3.63, 3.8) is 0 Å². The fraction of sp³-hybridized carbons (Fsp3) is 0.160. The lowest BCUT2D eigenvalue weighted by molar-refractivity contribution is -0.149. The van der Waals surface area contributed by atoms with Crippen molar-refractivity contribution in [2.45, 2.75) is 18.3 Å². The average molecular weight is 461 g/mol. The SMILES string of the molecule is COc1nc2ccc(C)cc2cc1C1C(Cl)C(=O)N1NC(=O)c1ccc(-n2cccc2)cc1. The number of aryl methyl sites for hydroxylation is 1. The molecule has 4 aromatic rings. The van der Waals surface area contributed by atoms with Gasteiger partial charge in [0.15, 0.2) is 0 Å². The lowest BCUT2D eigenvalue weighted by atomic mass is 9.94. The molecule has 0 radical (unpaired) electrons. The molecule has 2 aromatic heterocycles. The Balaban J connectivity index is 1.42. The highest BCUT2D eigenvalue weighted by atomic mass is 35.5. The zero-order valence-corrected chi connectivity index (χ0v) is 18.8. The largest absolute Gasteiger partial charge is 0.481 e. The van der Waals surface area contributed by atoms with Crippen LogP contribution in [0.2, 0.25) is 0 Å². The molecule has 1 aliphatic heterocycles. The van der Waals surface area contributed by atoms with Gasteiger partial charge in [0.2, 0.25) is 5.88 Å². The molecule has 166 valence electrons. The van der Waals surface area contributed by atoms with E-state index in [4.69, 9.17) is 16.3 Å². The predicted molar refractivity (Wildman–Crippen MR) is 125 cm³/mol. The number of ether oxygens (including phenoxy) is 1. The van der Waals surface area contributed by atoms with Crippen molar-refractivity contribution in [2.24, 2.45) is 0 Å². The van der Waals surface area contributed by atoms with Gasteiger partial charge in [-0.25, -0.2) is 9.99 Å². The van der Waals surface area contributed by atoms with Crippen LogP contribution in [-0.4, -0.2) is 38.9 Å². The molecule has 1 N–H and O–H groups in total. The molecule has 8 heteroatoms. The van der Waals surface area contributed by atoms with Crippen molar-refractivity contribution in [1.82, 2.24) is 20.0 Å². The smallest absolute Gasteiger partial charge is 0.269 e. The Morgan fingerprint density at radius 2 is 1.82 bits per heavy atom. The van der Waals surface area contributed by atoms with Crippen LogP contribution in [0.15, 0.2) is 73.1 Å². The number of aromatic nitrogens is 2. The summed E-state index contributed by atoms with van der Waals surface area (Å²) >= 11 is 6.38. The first kappa shape index (κ1) is 21.0. The van der Waals surface area contributed by atoms with Crippen LogP contribution in [0, 0.1) is 6.92 Å². The van der Waals surface area contributed by atoms with Crippen LogP contribution in [-0.2, 0) is 4.79 Å². The van der Waals surface area contributed by atoms with E-state index in [0.29, 0.717) is 17.0 Å². The number of fused-ring (bicyclic) bond motifs is 1. The molecule has 7 nitrogen and oxygen atoms in total. The second-order valence-electron chi connectivity index (χ2n) is 7.92. The maximum atomic E-state index is 12.9. The molecule has 1 fully saturated rings. The van der Waals surface area contributed by atoms with Gasteiger partial charge < -0.3 is 9.30 Å². The molecular formula is C25H21ClN4O3. The summed E-state index contributed by atoms with van der Waals surface area (Å²) < 4.78 is 7.43. The minimum absolute atomic E-state index is 0.366. The zero-order chi connectivity index (χ0) is 23.1. The molecule has 2 amide bonds. The first-order valence-electron chi connectivity index (χ1n) is 10.4. The third-order valence-corrected chi connectivity index (χ3v) is 6.18. The van der Waals surface area contributed by atoms with Gasteiger partial charge in [-0.15, -0.1) is 11.6 Å². The molecule has 0 saturated carbocycles. The summed E-state index contributed by atoms with van der Waals surface area (Å²) in [6, 6.07) is 18.2. The number of benzene rings is 2. The standard InChI is InChI=1S/C25H21ClN4O3/c1-15-5-10-20-17(13-15)14-19(24(27-20)33-2)22-21(26)25(32)30(22)28-23(31)16-6-8-18(9-7-16)29-11-3-4-12-29/h3-14,21-22H,1-2H3,(H,28,31). The molecule has 2 unspecified atom stereocenters. The molecule has 2 atom stereocenters. The van der Waals surface area contributed by atoms with E-state index in [0.717, 1.165) is 22.2 Å². The van der Waals surface area contributed by atoms with Crippen molar-refractivity contribution < 1.29 is 14.3 Å². The minimum Gasteiger partial charge on any atom is -0.481 e. The van der Waals surface area contributed by atoms with Gasteiger partial charge in [-0.2, -0.15) is 0 Å².